The molecule has 0 spiro atoms. The smallest absolute Gasteiger partial charge is 0.231 e. The second kappa shape index (κ2) is 8.67. The van der Waals surface area contributed by atoms with E-state index in [1.807, 2.05) is 18.2 Å². The predicted molar refractivity (Wildman–Crippen MR) is 183 cm³/mol. The molecule has 0 bridgehead atoms. The van der Waals surface area contributed by atoms with Crippen molar-refractivity contribution in [2.45, 2.75) is 19.3 Å². The van der Waals surface area contributed by atoms with Gasteiger partial charge in [-0.1, -0.05) is 98.8 Å². The van der Waals surface area contributed by atoms with Gasteiger partial charge in [0.1, 0.15) is 16.7 Å². The molecule has 0 unspecified atom stereocenters. The maximum Gasteiger partial charge on any atom is 0.231 e. The van der Waals surface area contributed by atoms with Crippen LogP contribution in [-0.4, -0.2) is 9.97 Å². The van der Waals surface area contributed by atoms with Crippen molar-refractivity contribution in [2.24, 2.45) is 0 Å². The molecule has 4 nitrogen and oxygen atoms in total. The van der Waals surface area contributed by atoms with Gasteiger partial charge >= 0.3 is 0 Å². The number of fused-ring (bicyclic) bond motifs is 11. The van der Waals surface area contributed by atoms with Crippen molar-refractivity contribution in [1.29, 1.82) is 0 Å². The monoisotopic (exact) mass is 578 g/mol. The molecule has 1 aliphatic rings. The summed E-state index contributed by atoms with van der Waals surface area (Å²) < 4.78 is 12.8. The van der Waals surface area contributed by atoms with Gasteiger partial charge in [0.15, 0.2) is 5.82 Å². The highest BCUT2D eigenvalue weighted by atomic mass is 16.3. The Balaban J connectivity index is 1.27. The Morgan fingerprint density at radius 2 is 1.29 bits per heavy atom. The van der Waals surface area contributed by atoms with Crippen LogP contribution in [0.5, 0.6) is 0 Å². The third-order valence-corrected chi connectivity index (χ3v) is 9.70. The SMILES string of the molecule is CC1(C)c2ccccc2-c2c1ccc1oc3ccc(-c4nc(-c5ccc6ccccc6c5)nc5oc6ccccc6c45)cc3c21. The molecule has 0 amide bonds. The Bertz CT molecular complexity index is 2690. The average molecular weight is 579 g/mol. The molecule has 9 aromatic rings. The van der Waals surface area contributed by atoms with Gasteiger partial charge in [-0.3, -0.25) is 0 Å². The van der Waals surface area contributed by atoms with Crippen molar-refractivity contribution < 1.29 is 8.83 Å². The molecule has 45 heavy (non-hydrogen) atoms. The molecule has 6 aromatic carbocycles. The van der Waals surface area contributed by atoms with Crippen LogP contribution in [0.15, 0.2) is 130 Å². The zero-order valence-electron chi connectivity index (χ0n) is 24.8. The second-order valence-corrected chi connectivity index (χ2v) is 12.6. The van der Waals surface area contributed by atoms with Crippen LogP contribution < -0.4 is 0 Å². The summed E-state index contributed by atoms with van der Waals surface area (Å²) in [4.78, 5) is 10.2. The molecular weight excluding hydrogens is 552 g/mol. The second-order valence-electron chi connectivity index (χ2n) is 12.6. The van der Waals surface area contributed by atoms with Gasteiger partial charge in [-0.25, -0.2) is 4.98 Å². The van der Waals surface area contributed by atoms with E-state index in [9.17, 15) is 0 Å². The van der Waals surface area contributed by atoms with Crippen LogP contribution in [0.1, 0.15) is 25.0 Å². The minimum Gasteiger partial charge on any atom is -0.456 e. The van der Waals surface area contributed by atoms with E-state index in [0.717, 1.165) is 60.5 Å². The fourth-order valence-corrected chi connectivity index (χ4v) is 7.50. The molecule has 0 N–H and O–H groups in total. The zero-order chi connectivity index (χ0) is 29.9. The first-order chi connectivity index (χ1) is 22.0. The van der Waals surface area contributed by atoms with E-state index in [1.165, 1.54) is 27.6 Å². The van der Waals surface area contributed by atoms with E-state index in [2.05, 4.69) is 117 Å². The Labute approximate surface area is 258 Å². The molecular formula is C41H26N2O2. The molecule has 1 aliphatic carbocycles. The maximum atomic E-state index is 6.48. The lowest BCUT2D eigenvalue weighted by atomic mass is 9.82. The van der Waals surface area contributed by atoms with Crippen molar-refractivity contribution in [3.05, 3.63) is 132 Å². The highest BCUT2D eigenvalue weighted by Gasteiger charge is 2.37. The molecule has 3 heterocycles. The van der Waals surface area contributed by atoms with Gasteiger partial charge < -0.3 is 8.83 Å². The van der Waals surface area contributed by atoms with Crippen LogP contribution in [0.25, 0.3) is 88.6 Å². The van der Waals surface area contributed by atoms with Crippen molar-refractivity contribution in [3.8, 4) is 33.8 Å². The van der Waals surface area contributed by atoms with Crippen LogP contribution >= 0.6 is 0 Å². The topological polar surface area (TPSA) is 52.1 Å². The van der Waals surface area contributed by atoms with Crippen LogP contribution in [0.4, 0.5) is 0 Å². The number of para-hydroxylation sites is 1. The summed E-state index contributed by atoms with van der Waals surface area (Å²) in [5.74, 6) is 0.635. The molecule has 0 aliphatic heterocycles. The van der Waals surface area contributed by atoms with Crippen molar-refractivity contribution in [2.75, 3.05) is 0 Å². The third-order valence-electron chi connectivity index (χ3n) is 9.70. The minimum absolute atomic E-state index is 0.0927. The van der Waals surface area contributed by atoms with Gasteiger partial charge in [-0.2, -0.15) is 4.98 Å². The van der Waals surface area contributed by atoms with Gasteiger partial charge in [0.25, 0.3) is 0 Å². The van der Waals surface area contributed by atoms with Gasteiger partial charge in [-0.05, 0) is 69.4 Å². The van der Waals surface area contributed by atoms with Crippen molar-refractivity contribution >= 4 is 54.8 Å². The van der Waals surface area contributed by atoms with E-state index < -0.39 is 0 Å². The van der Waals surface area contributed by atoms with E-state index in [1.54, 1.807) is 0 Å². The summed E-state index contributed by atoms with van der Waals surface area (Å²) in [7, 11) is 0. The first-order valence-electron chi connectivity index (χ1n) is 15.3. The lowest BCUT2D eigenvalue weighted by Crippen LogP contribution is -2.14. The van der Waals surface area contributed by atoms with E-state index in [4.69, 9.17) is 18.8 Å². The molecule has 0 radical (unpaired) electrons. The first-order valence-corrected chi connectivity index (χ1v) is 15.3. The number of rotatable bonds is 2. The molecule has 0 atom stereocenters. The quantitative estimate of drug-likeness (QED) is 0.205. The van der Waals surface area contributed by atoms with E-state index in [0.29, 0.717) is 11.5 Å². The molecule has 212 valence electrons. The predicted octanol–water partition coefficient (Wildman–Crippen LogP) is 11.1. The minimum atomic E-state index is -0.0927. The standard InChI is InChI=1S/C41H26N2O2/c1-41(2)30-13-7-5-11-27(30)35-31(41)18-20-34-36(35)29-22-25(17-19-33(29)44-34)38-37-28-12-6-8-14-32(28)45-40(37)43-39(42-38)26-16-15-23-9-3-4-10-24(23)21-26/h3-22H,1-2H3. The first kappa shape index (κ1) is 24.7. The number of benzene rings is 6. The number of hydrogen-bond donors (Lipinski definition) is 0. The van der Waals surface area contributed by atoms with E-state index in [-0.39, 0.29) is 5.41 Å². The summed E-state index contributed by atoms with van der Waals surface area (Å²) >= 11 is 0. The average Bonchev–Trinajstić information content (AvgIpc) is 3.71. The summed E-state index contributed by atoms with van der Waals surface area (Å²) in [5, 5.41) is 6.48. The van der Waals surface area contributed by atoms with Crippen LogP contribution in [0, 0.1) is 0 Å². The third kappa shape index (κ3) is 3.37. The molecule has 10 rings (SSSR count). The van der Waals surface area contributed by atoms with Gasteiger partial charge in [0.2, 0.25) is 5.71 Å². The summed E-state index contributed by atoms with van der Waals surface area (Å²) in [5.41, 5.74) is 11.0. The van der Waals surface area contributed by atoms with E-state index >= 15 is 0 Å². The van der Waals surface area contributed by atoms with Crippen LogP contribution in [0.3, 0.4) is 0 Å². The summed E-state index contributed by atoms with van der Waals surface area (Å²) in [6, 6.07) is 42.4. The normalized spacial score (nSPS) is 13.7. The lowest BCUT2D eigenvalue weighted by Gasteiger charge is -2.21. The lowest BCUT2D eigenvalue weighted by molar-refractivity contribution is 0.653. The highest BCUT2D eigenvalue weighted by Crippen LogP contribution is 2.53. The molecule has 0 saturated heterocycles. The summed E-state index contributed by atoms with van der Waals surface area (Å²) in [6.07, 6.45) is 0. The highest BCUT2D eigenvalue weighted by molar-refractivity contribution is 6.17. The van der Waals surface area contributed by atoms with Gasteiger partial charge in [0.05, 0.1) is 11.1 Å². The van der Waals surface area contributed by atoms with Crippen molar-refractivity contribution in [3.63, 3.8) is 0 Å². The van der Waals surface area contributed by atoms with Gasteiger partial charge in [0, 0.05) is 32.7 Å². The molecule has 0 saturated carbocycles. The maximum absolute atomic E-state index is 6.48. The Morgan fingerprint density at radius 3 is 2.22 bits per heavy atom. The summed E-state index contributed by atoms with van der Waals surface area (Å²) in [6.45, 7) is 4.63. The molecule has 4 heteroatoms. The number of furan rings is 2. The van der Waals surface area contributed by atoms with Gasteiger partial charge in [-0.15, -0.1) is 0 Å². The fraction of sp³-hybridized carbons (Fsp3) is 0.0732. The molecule has 3 aromatic heterocycles. The molecule has 0 fully saturated rings. The zero-order valence-corrected chi connectivity index (χ0v) is 24.8. The Morgan fingerprint density at radius 1 is 0.533 bits per heavy atom. The Hall–Kier alpha value is -5.74. The fourth-order valence-electron chi connectivity index (χ4n) is 7.50. The van der Waals surface area contributed by atoms with Crippen LogP contribution in [0.2, 0.25) is 0 Å². The number of nitrogens with zero attached hydrogens (tertiary/aromatic N) is 2. The number of hydrogen-bond acceptors (Lipinski definition) is 4. The van der Waals surface area contributed by atoms with Crippen LogP contribution in [-0.2, 0) is 5.41 Å². The Kier molecular flexibility index (Phi) is 4.76. The van der Waals surface area contributed by atoms with Crippen molar-refractivity contribution in [1.82, 2.24) is 9.97 Å². The largest absolute Gasteiger partial charge is 0.456 e. The number of aromatic nitrogens is 2.